The molecule has 1 amide bonds. The molecule has 0 fully saturated rings. The van der Waals surface area contributed by atoms with Gasteiger partial charge in [-0.05, 0) is 5.92 Å². The van der Waals surface area contributed by atoms with E-state index < -0.39 is 0 Å². The molecular formula is C12H20N2OS. The lowest BCUT2D eigenvalue weighted by Crippen LogP contribution is -2.15. The zero-order chi connectivity index (χ0) is 12.3. The first-order valence-corrected chi connectivity index (χ1v) is 6.43. The van der Waals surface area contributed by atoms with Crippen LogP contribution in [0.5, 0.6) is 0 Å². The molecule has 0 aromatic carbocycles. The first-order valence-electron chi connectivity index (χ1n) is 5.55. The third-order valence-corrected chi connectivity index (χ3v) is 2.87. The van der Waals surface area contributed by atoms with Crippen LogP contribution in [0.15, 0.2) is 5.38 Å². The minimum absolute atomic E-state index is 0.0392. The maximum Gasteiger partial charge on any atom is 0.226 e. The number of anilines is 1. The van der Waals surface area contributed by atoms with Crippen molar-refractivity contribution < 1.29 is 4.79 Å². The monoisotopic (exact) mass is 240 g/mol. The highest BCUT2D eigenvalue weighted by Crippen LogP contribution is 2.26. The first kappa shape index (κ1) is 13.2. The fourth-order valence-corrected chi connectivity index (χ4v) is 2.17. The predicted molar refractivity (Wildman–Crippen MR) is 68.9 cm³/mol. The lowest BCUT2D eigenvalue weighted by molar-refractivity contribution is -0.116. The minimum Gasteiger partial charge on any atom is -0.302 e. The number of carbonyl (C=O) groups excluding carboxylic acids is 1. The second kappa shape index (κ2) is 4.95. The van der Waals surface area contributed by atoms with Crippen LogP contribution in [0.4, 0.5) is 5.13 Å². The van der Waals surface area contributed by atoms with Crippen LogP contribution in [0.25, 0.3) is 0 Å². The maximum absolute atomic E-state index is 11.5. The van der Waals surface area contributed by atoms with Crippen molar-refractivity contribution in [1.82, 2.24) is 4.98 Å². The van der Waals surface area contributed by atoms with Crippen LogP contribution < -0.4 is 5.32 Å². The third kappa shape index (κ3) is 3.93. The standard InChI is InChI=1S/C12H20N2OS/c1-8(2)6-10(15)14-11-13-9(7-16-11)12(3,4)5/h7-8H,6H2,1-5H3,(H,13,14,15). The molecule has 0 radical (unpaired) electrons. The van der Waals surface area contributed by atoms with E-state index in [0.29, 0.717) is 17.5 Å². The summed E-state index contributed by atoms with van der Waals surface area (Å²) >= 11 is 1.49. The average molecular weight is 240 g/mol. The Kier molecular flexibility index (Phi) is 4.08. The van der Waals surface area contributed by atoms with Crippen LogP contribution in [0.3, 0.4) is 0 Å². The van der Waals surface area contributed by atoms with E-state index in [1.807, 2.05) is 19.2 Å². The van der Waals surface area contributed by atoms with Gasteiger partial charge in [-0.3, -0.25) is 4.79 Å². The normalized spacial score (nSPS) is 11.9. The topological polar surface area (TPSA) is 42.0 Å². The zero-order valence-corrected chi connectivity index (χ0v) is 11.4. The molecular weight excluding hydrogens is 220 g/mol. The fraction of sp³-hybridized carbons (Fsp3) is 0.667. The molecule has 0 spiro atoms. The van der Waals surface area contributed by atoms with Gasteiger partial charge in [0.05, 0.1) is 5.69 Å². The van der Waals surface area contributed by atoms with Crippen molar-refractivity contribution in [3.05, 3.63) is 11.1 Å². The Morgan fingerprint density at radius 3 is 2.56 bits per heavy atom. The number of hydrogen-bond acceptors (Lipinski definition) is 3. The van der Waals surface area contributed by atoms with E-state index in [2.05, 4.69) is 31.1 Å². The molecule has 0 atom stereocenters. The number of amides is 1. The Morgan fingerprint density at radius 1 is 1.50 bits per heavy atom. The van der Waals surface area contributed by atoms with Crippen molar-refractivity contribution in [3.63, 3.8) is 0 Å². The van der Waals surface area contributed by atoms with Gasteiger partial charge in [0.2, 0.25) is 5.91 Å². The number of carbonyl (C=O) groups is 1. The largest absolute Gasteiger partial charge is 0.302 e. The number of nitrogens with one attached hydrogen (secondary N) is 1. The fourth-order valence-electron chi connectivity index (χ4n) is 1.22. The molecule has 0 aliphatic heterocycles. The molecule has 0 bridgehead atoms. The summed E-state index contributed by atoms with van der Waals surface area (Å²) in [5.41, 5.74) is 1.06. The van der Waals surface area contributed by atoms with Crippen LogP contribution in [-0.4, -0.2) is 10.9 Å². The summed E-state index contributed by atoms with van der Waals surface area (Å²) in [6.07, 6.45) is 0.546. The van der Waals surface area contributed by atoms with E-state index in [1.54, 1.807) is 0 Å². The number of hydrogen-bond donors (Lipinski definition) is 1. The summed E-state index contributed by atoms with van der Waals surface area (Å²) in [6, 6.07) is 0. The number of aromatic nitrogens is 1. The van der Waals surface area contributed by atoms with Crippen LogP contribution in [0.1, 0.15) is 46.7 Å². The average Bonchev–Trinajstić information content (AvgIpc) is 2.49. The number of nitrogens with zero attached hydrogens (tertiary/aromatic N) is 1. The molecule has 0 aliphatic carbocycles. The van der Waals surface area contributed by atoms with E-state index in [4.69, 9.17) is 0 Å². The van der Waals surface area contributed by atoms with Crippen LogP contribution in [0.2, 0.25) is 0 Å². The molecule has 0 saturated carbocycles. The predicted octanol–water partition coefficient (Wildman–Crippen LogP) is 3.43. The smallest absolute Gasteiger partial charge is 0.226 e. The summed E-state index contributed by atoms with van der Waals surface area (Å²) in [5.74, 6) is 0.423. The highest BCUT2D eigenvalue weighted by atomic mass is 32.1. The highest BCUT2D eigenvalue weighted by Gasteiger charge is 2.18. The van der Waals surface area contributed by atoms with E-state index in [1.165, 1.54) is 11.3 Å². The molecule has 0 unspecified atom stereocenters. The summed E-state index contributed by atoms with van der Waals surface area (Å²) < 4.78 is 0. The molecule has 1 rings (SSSR count). The second-order valence-corrected chi connectivity index (χ2v) is 6.29. The van der Waals surface area contributed by atoms with Crippen molar-refractivity contribution in [3.8, 4) is 0 Å². The Balaban J connectivity index is 2.62. The van der Waals surface area contributed by atoms with Crippen molar-refractivity contribution in [2.24, 2.45) is 5.92 Å². The van der Waals surface area contributed by atoms with Crippen LogP contribution in [-0.2, 0) is 10.2 Å². The molecule has 1 heterocycles. The molecule has 0 saturated heterocycles. The quantitative estimate of drug-likeness (QED) is 0.879. The molecule has 4 heteroatoms. The van der Waals surface area contributed by atoms with Gasteiger partial charge in [0.1, 0.15) is 0 Å². The SMILES string of the molecule is CC(C)CC(=O)Nc1nc(C(C)(C)C)cs1. The van der Waals surface area contributed by atoms with E-state index in [-0.39, 0.29) is 11.3 Å². The van der Waals surface area contributed by atoms with Gasteiger partial charge in [0.25, 0.3) is 0 Å². The molecule has 90 valence electrons. The van der Waals surface area contributed by atoms with Gasteiger partial charge in [0.15, 0.2) is 5.13 Å². The van der Waals surface area contributed by atoms with Crippen molar-refractivity contribution in [2.45, 2.75) is 46.5 Å². The van der Waals surface area contributed by atoms with Gasteiger partial charge in [-0.25, -0.2) is 4.98 Å². The summed E-state index contributed by atoms with van der Waals surface area (Å²) in [6.45, 7) is 10.4. The Bertz CT molecular complexity index is 363. The van der Waals surface area contributed by atoms with Crippen LogP contribution in [0, 0.1) is 5.92 Å². The van der Waals surface area contributed by atoms with Crippen molar-refractivity contribution in [2.75, 3.05) is 5.32 Å². The van der Waals surface area contributed by atoms with Gasteiger partial charge in [0, 0.05) is 17.2 Å². The Morgan fingerprint density at radius 2 is 2.12 bits per heavy atom. The van der Waals surface area contributed by atoms with Crippen molar-refractivity contribution >= 4 is 22.4 Å². The summed E-state index contributed by atoms with van der Waals surface area (Å²) in [5, 5.41) is 5.54. The minimum atomic E-state index is 0.0392. The number of thiazole rings is 1. The zero-order valence-electron chi connectivity index (χ0n) is 10.6. The Hall–Kier alpha value is -0.900. The Labute approximate surface area is 101 Å². The molecule has 0 aliphatic rings. The first-order chi connectivity index (χ1) is 7.29. The summed E-state index contributed by atoms with van der Waals surface area (Å²) in [7, 11) is 0. The van der Waals surface area contributed by atoms with Gasteiger partial charge < -0.3 is 5.32 Å². The molecule has 1 aromatic rings. The van der Waals surface area contributed by atoms with Gasteiger partial charge >= 0.3 is 0 Å². The van der Waals surface area contributed by atoms with E-state index >= 15 is 0 Å². The van der Waals surface area contributed by atoms with Gasteiger partial charge in [-0.1, -0.05) is 34.6 Å². The van der Waals surface area contributed by atoms with Crippen LogP contribution >= 0.6 is 11.3 Å². The number of rotatable bonds is 3. The highest BCUT2D eigenvalue weighted by molar-refractivity contribution is 7.13. The van der Waals surface area contributed by atoms with E-state index in [0.717, 1.165) is 5.69 Å². The second-order valence-electron chi connectivity index (χ2n) is 5.43. The lowest BCUT2D eigenvalue weighted by Gasteiger charge is -2.14. The molecule has 1 aromatic heterocycles. The molecule has 16 heavy (non-hydrogen) atoms. The maximum atomic E-state index is 11.5. The molecule has 1 N–H and O–H groups in total. The van der Waals surface area contributed by atoms with Gasteiger partial charge in [-0.2, -0.15) is 0 Å². The van der Waals surface area contributed by atoms with Crippen molar-refractivity contribution in [1.29, 1.82) is 0 Å². The van der Waals surface area contributed by atoms with Gasteiger partial charge in [-0.15, -0.1) is 11.3 Å². The molecule has 3 nitrogen and oxygen atoms in total. The van der Waals surface area contributed by atoms with E-state index in [9.17, 15) is 4.79 Å². The lowest BCUT2D eigenvalue weighted by atomic mass is 9.93. The third-order valence-electron chi connectivity index (χ3n) is 2.11. The summed E-state index contributed by atoms with van der Waals surface area (Å²) in [4.78, 5) is 16.0.